The molecule has 1 saturated heterocycles. The van der Waals surface area contributed by atoms with E-state index in [4.69, 9.17) is 0 Å². The lowest BCUT2D eigenvalue weighted by Gasteiger charge is -2.18. The van der Waals surface area contributed by atoms with Crippen molar-refractivity contribution in [2.75, 3.05) is 33.2 Å². The molecule has 1 heterocycles. The summed E-state index contributed by atoms with van der Waals surface area (Å²) in [6.07, 6.45) is 2.03. The maximum Gasteiger partial charge on any atom is 0.223 e. The number of hydrogen-bond acceptors (Lipinski definition) is 2. The Bertz CT molecular complexity index is 831. The number of nitrogens with one attached hydrogen (secondary N) is 2. The van der Waals surface area contributed by atoms with E-state index in [1.54, 1.807) is 19.2 Å². The van der Waals surface area contributed by atoms with Crippen LogP contribution in [0.4, 0.5) is 4.39 Å². The number of carbonyl (C=O) groups excluding carboxylic acids is 1. The first-order chi connectivity index (χ1) is 14.2. The summed E-state index contributed by atoms with van der Waals surface area (Å²) in [6.45, 7) is 2.81. The van der Waals surface area contributed by atoms with Gasteiger partial charge >= 0.3 is 0 Å². The van der Waals surface area contributed by atoms with Crippen LogP contribution in [-0.2, 0) is 17.6 Å². The van der Waals surface area contributed by atoms with E-state index in [1.165, 1.54) is 11.6 Å². The predicted octanol–water partition coefficient (Wildman–Crippen LogP) is 3.24. The lowest BCUT2D eigenvalue weighted by Crippen LogP contribution is -2.41. The molecular weight excluding hydrogens is 494 g/mol. The standard InChI is InChI=1S/C23H29FN4O.HI/c1-25-23(26-13-11-20-9-5-6-10-21(20)24)27-16-19-15-22(29)28(17-19)14-12-18-7-3-2-4-8-18;/h2-10,19H,11-17H2,1H3,(H2,25,26,27);1H. The highest BCUT2D eigenvalue weighted by atomic mass is 127. The third-order valence-corrected chi connectivity index (χ3v) is 5.23. The molecule has 2 N–H and O–H groups in total. The van der Waals surface area contributed by atoms with Crippen LogP contribution in [-0.4, -0.2) is 50.0 Å². The van der Waals surface area contributed by atoms with Gasteiger partial charge in [-0.05, 0) is 30.0 Å². The number of halogens is 2. The highest BCUT2D eigenvalue weighted by molar-refractivity contribution is 14.0. The Labute approximate surface area is 195 Å². The minimum Gasteiger partial charge on any atom is -0.356 e. The van der Waals surface area contributed by atoms with Gasteiger partial charge in [-0.25, -0.2) is 4.39 Å². The third kappa shape index (κ3) is 7.27. The maximum atomic E-state index is 13.7. The average molecular weight is 524 g/mol. The van der Waals surface area contributed by atoms with E-state index >= 15 is 0 Å². The second kappa shape index (κ2) is 12.5. The summed E-state index contributed by atoms with van der Waals surface area (Å²) in [7, 11) is 1.71. The molecule has 0 aromatic heterocycles. The minimum atomic E-state index is -0.183. The van der Waals surface area contributed by atoms with Gasteiger partial charge in [0.25, 0.3) is 0 Å². The zero-order valence-electron chi connectivity index (χ0n) is 17.3. The van der Waals surface area contributed by atoms with E-state index in [0.717, 1.165) is 19.5 Å². The highest BCUT2D eigenvalue weighted by Gasteiger charge is 2.29. The van der Waals surface area contributed by atoms with Crippen molar-refractivity contribution in [3.63, 3.8) is 0 Å². The number of nitrogens with zero attached hydrogens (tertiary/aromatic N) is 2. The molecule has 0 aliphatic carbocycles. The third-order valence-electron chi connectivity index (χ3n) is 5.23. The molecule has 1 aliphatic rings. The fraction of sp³-hybridized carbons (Fsp3) is 0.391. The van der Waals surface area contributed by atoms with Crippen molar-refractivity contribution >= 4 is 35.8 Å². The maximum absolute atomic E-state index is 13.7. The summed E-state index contributed by atoms with van der Waals surface area (Å²) in [5.41, 5.74) is 1.94. The van der Waals surface area contributed by atoms with Gasteiger partial charge in [0, 0.05) is 45.6 Å². The molecule has 0 spiro atoms. The van der Waals surface area contributed by atoms with Crippen LogP contribution >= 0.6 is 24.0 Å². The van der Waals surface area contributed by atoms with Crippen LogP contribution in [0.3, 0.4) is 0 Å². The van der Waals surface area contributed by atoms with Gasteiger partial charge in [0.15, 0.2) is 5.96 Å². The van der Waals surface area contributed by atoms with Crippen LogP contribution < -0.4 is 10.6 Å². The number of carbonyl (C=O) groups is 1. The second-order valence-corrected chi connectivity index (χ2v) is 7.37. The molecule has 1 fully saturated rings. The Morgan fingerprint density at radius 1 is 1.10 bits per heavy atom. The topological polar surface area (TPSA) is 56.7 Å². The van der Waals surface area contributed by atoms with Gasteiger partial charge in [-0.15, -0.1) is 24.0 Å². The van der Waals surface area contributed by atoms with Gasteiger partial charge in [0.1, 0.15) is 5.82 Å². The van der Waals surface area contributed by atoms with E-state index in [1.807, 2.05) is 29.2 Å². The van der Waals surface area contributed by atoms with E-state index in [0.29, 0.717) is 37.5 Å². The predicted molar refractivity (Wildman–Crippen MR) is 130 cm³/mol. The molecule has 162 valence electrons. The fourth-order valence-corrected chi connectivity index (χ4v) is 3.59. The van der Waals surface area contributed by atoms with E-state index < -0.39 is 0 Å². The molecule has 2 aromatic rings. The van der Waals surface area contributed by atoms with Crippen molar-refractivity contribution in [1.29, 1.82) is 0 Å². The molecule has 1 amide bonds. The summed E-state index contributed by atoms with van der Waals surface area (Å²) >= 11 is 0. The summed E-state index contributed by atoms with van der Waals surface area (Å²) in [5.74, 6) is 0.979. The van der Waals surface area contributed by atoms with Crippen LogP contribution in [0, 0.1) is 11.7 Å². The Balaban J connectivity index is 0.00000320. The Morgan fingerprint density at radius 3 is 2.57 bits per heavy atom. The fourth-order valence-electron chi connectivity index (χ4n) is 3.59. The Hall–Kier alpha value is -2.16. The van der Waals surface area contributed by atoms with Crippen LogP contribution in [0.25, 0.3) is 0 Å². The molecule has 3 rings (SSSR count). The minimum absolute atomic E-state index is 0. The number of rotatable bonds is 8. The molecule has 0 bridgehead atoms. The Morgan fingerprint density at radius 2 is 1.83 bits per heavy atom. The lowest BCUT2D eigenvalue weighted by molar-refractivity contribution is -0.127. The summed E-state index contributed by atoms with van der Waals surface area (Å²) < 4.78 is 13.7. The van der Waals surface area contributed by atoms with Crippen molar-refractivity contribution in [1.82, 2.24) is 15.5 Å². The molecule has 7 heteroatoms. The molecule has 30 heavy (non-hydrogen) atoms. The van der Waals surface area contributed by atoms with Gasteiger partial charge in [-0.3, -0.25) is 9.79 Å². The van der Waals surface area contributed by atoms with Gasteiger partial charge in [-0.1, -0.05) is 48.5 Å². The molecule has 0 radical (unpaired) electrons. The van der Waals surface area contributed by atoms with Crippen LogP contribution in [0.5, 0.6) is 0 Å². The molecule has 2 aromatic carbocycles. The first kappa shape index (κ1) is 24.1. The first-order valence-corrected chi connectivity index (χ1v) is 10.2. The van der Waals surface area contributed by atoms with E-state index in [9.17, 15) is 9.18 Å². The smallest absolute Gasteiger partial charge is 0.223 e. The SMILES string of the molecule is CN=C(NCCc1ccccc1F)NCC1CC(=O)N(CCc2ccccc2)C1.I. The second-order valence-electron chi connectivity index (χ2n) is 7.37. The van der Waals surface area contributed by atoms with Crippen LogP contribution in [0.2, 0.25) is 0 Å². The number of amides is 1. The van der Waals surface area contributed by atoms with Crippen LogP contribution in [0.15, 0.2) is 59.6 Å². The zero-order valence-corrected chi connectivity index (χ0v) is 19.6. The van der Waals surface area contributed by atoms with E-state index in [-0.39, 0.29) is 41.6 Å². The highest BCUT2D eigenvalue weighted by Crippen LogP contribution is 2.17. The molecule has 0 saturated carbocycles. The largest absolute Gasteiger partial charge is 0.356 e. The quantitative estimate of drug-likeness (QED) is 0.317. The van der Waals surface area contributed by atoms with Gasteiger partial charge in [-0.2, -0.15) is 0 Å². The van der Waals surface area contributed by atoms with E-state index in [2.05, 4.69) is 27.8 Å². The monoisotopic (exact) mass is 524 g/mol. The summed E-state index contributed by atoms with van der Waals surface area (Å²) in [4.78, 5) is 18.5. The van der Waals surface area contributed by atoms with Crippen LogP contribution in [0.1, 0.15) is 17.5 Å². The molecular formula is C23H30FIN4O. The van der Waals surface area contributed by atoms with Crippen molar-refractivity contribution in [2.45, 2.75) is 19.3 Å². The molecule has 1 aliphatic heterocycles. The van der Waals surface area contributed by atoms with Crippen molar-refractivity contribution in [2.24, 2.45) is 10.9 Å². The number of likely N-dealkylation sites (tertiary alicyclic amines) is 1. The van der Waals surface area contributed by atoms with Crippen molar-refractivity contribution in [3.8, 4) is 0 Å². The number of aliphatic imine (C=N–C) groups is 1. The average Bonchev–Trinajstić information content (AvgIpc) is 3.10. The number of hydrogen-bond donors (Lipinski definition) is 2. The zero-order chi connectivity index (χ0) is 20.5. The normalized spacial score (nSPS) is 16.3. The lowest BCUT2D eigenvalue weighted by atomic mass is 10.1. The van der Waals surface area contributed by atoms with Gasteiger partial charge in [0.2, 0.25) is 5.91 Å². The molecule has 1 atom stereocenters. The molecule has 1 unspecified atom stereocenters. The van der Waals surface area contributed by atoms with Gasteiger partial charge in [0.05, 0.1) is 0 Å². The number of guanidine groups is 1. The Kier molecular flexibility index (Phi) is 10.1. The van der Waals surface area contributed by atoms with Crippen molar-refractivity contribution in [3.05, 3.63) is 71.5 Å². The summed E-state index contributed by atoms with van der Waals surface area (Å²) in [5, 5.41) is 6.51. The van der Waals surface area contributed by atoms with Gasteiger partial charge < -0.3 is 15.5 Å². The van der Waals surface area contributed by atoms with Crippen molar-refractivity contribution < 1.29 is 9.18 Å². The molecule has 5 nitrogen and oxygen atoms in total. The first-order valence-electron chi connectivity index (χ1n) is 10.2. The number of benzene rings is 2. The summed E-state index contributed by atoms with van der Waals surface area (Å²) in [6, 6.07) is 17.0.